The molecule has 0 aliphatic carbocycles. The summed E-state index contributed by atoms with van der Waals surface area (Å²) in [6.07, 6.45) is 4.77. The Kier molecular flexibility index (Phi) is 7.16. The molecule has 0 aliphatic rings. The van der Waals surface area contributed by atoms with Crippen LogP contribution in [0.1, 0.15) is 39.8 Å². The summed E-state index contributed by atoms with van der Waals surface area (Å²) < 4.78 is 28.9. The molecule has 34 heavy (non-hydrogen) atoms. The van der Waals surface area contributed by atoms with Crippen molar-refractivity contribution >= 4 is 10.8 Å². The molecule has 0 aromatic heterocycles. The number of halogens is 2. The molecule has 0 saturated carbocycles. The first kappa shape index (κ1) is 23.0. The van der Waals surface area contributed by atoms with Crippen molar-refractivity contribution in [3.05, 3.63) is 130 Å². The second-order valence-corrected chi connectivity index (χ2v) is 8.17. The first-order chi connectivity index (χ1) is 16.6. The molecule has 4 aromatic carbocycles. The van der Waals surface area contributed by atoms with Crippen LogP contribution in [0.2, 0.25) is 0 Å². The predicted octanol–water partition coefficient (Wildman–Crippen LogP) is 7.29. The van der Waals surface area contributed by atoms with E-state index in [9.17, 15) is 4.39 Å². The Morgan fingerprint density at radius 3 is 2.24 bits per heavy atom. The molecule has 0 fully saturated rings. The van der Waals surface area contributed by atoms with Crippen LogP contribution in [0.3, 0.4) is 0 Å². The van der Waals surface area contributed by atoms with Crippen molar-refractivity contribution < 1.29 is 8.78 Å². The van der Waals surface area contributed by atoms with Crippen LogP contribution >= 0.6 is 0 Å². The maximum absolute atomic E-state index is 15.1. The van der Waals surface area contributed by atoms with Crippen LogP contribution in [0, 0.1) is 34.8 Å². The zero-order valence-corrected chi connectivity index (χ0v) is 18.7. The van der Waals surface area contributed by atoms with Gasteiger partial charge in [0.25, 0.3) is 0 Å². The lowest BCUT2D eigenvalue weighted by Crippen LogP contribution is -1.97. The predicted molar refractivity (Wildman–Crippen MR) is 133 cm³/mol. The van der Waals surface area contributed by atoms with E-state index in [-0.39, 0.29) is 11.4 Å². The lowest BCUT2D eigenvalue weighted by molar-refractivity contribution is 0.616. The highest BCUT2D eigenvalue weighted by molar-refractivity contribution is 5.85. The van der Waals surface area contributed by atoms with E-state index in [1.54, 1.807) is 18.2 Å². The summed E-state index contributed by atoms with van der Waals surface area (Å²) in [6, 6.07) is 23.7. The number of fused-ring (bicyclic) bond motifs is 1. The molecular weight excluding hydrogens is 424 g/mol. The summed E-state index contributed by atoms with van der Waals surface area (Å²) in [5, 5.41) is 10.2. The second-order valence-electron chi connectivity index (χ2n) is 8.17. The van der Waals surface area contributed by atoms with E-state index >= 15 is 4.39 Å². The molecule has 0 radical (unpaired) electrons. The lowest BCUT2D eigenvalue weighted by atomic mass is 9.98. The third kappa shape index (κ3) is 5.40. The second kappa shape index (κ2) is 10.6. The molecule has 0 aliphatic heterocycles. The van der Waals surface area contributed by atoms with Crippen LogP contribution in [-0.4, -0.2) is 0 Å². The van der Waals surface area contributed by atoms with E-state index < -0.39 is 5.82 Å². The van der Waals surface area contributed by atoms with Gasteiger partial charge < -0.3 is 0 Å². The summed E-state index contributed by atoms with van der Waals surface area (Å²) in [6.45, 7) is 3.75. The molecule has 0 N–H and O–H groups in total. The molecule has 4 rings (SSSR count). The number of rotatable bonds is 6. The quantitative estimate of drug-likeness (QED) is 0.225. The van der Waals surface area contributed by atoms with Gasteiger partial charge in [-0.1, -0.05) is 54.3 Å². The molecule has 0 bridgehead atoms. The molecule has 0 amide bonds. The lowest BCUT2D eigenvalue weighted by Gasteiger charge is -2.08. The molecule has 0 saturated heterocycles. The summed E-state index contributed by atoms with van der Waals surface area (Å²) in [5.41, 5.74) is 4.33. The minimum Gasteiger partial charge on any atom is -0.206 e. The Morgan fingerprint density at radius 2 is 1.50 bits per heavy atom. The van der Waals surface area contributed by atoms with Gasteiger partial charge in [0.1, 0.15) is 17.7 Å². The van der Waals surface area contributed by atoms with Crippen LogP contribution in [0.25, 0.3) is 10.8 Å². The first-order valence-corrected chi connectivity index (χ1v) is 11.2. The number of aryl methyl sites for hydroxylation is 3. The van der Waals surface area contributed by atoms with Crippen LogP contribution in [0.15, 0.2) is 85.5 Å². The topological polar surface area (TPSA) is 23.8 Å². The zero-order valence-electron chi connectivity index (χ0n) is 18.7. The summed E-state index contributed by atoms with van der Waals surface area (Å²) in [4.78, 5) is 0. The Hall–Kier alpha value is -4.21. The SMILES string of the molecule is C=CCCc1ccc(C#Cc2ccc3c(F)c(CCc4ccc(C#N)c(F)c4)ccc3c2)cc1. The normalized spacial score (nSPS) is 10.4. The van der Waals surface area contributed by atoms with E-state index in [1.807, 2.05) is 42.5 Å². The third-order valence-corrected chi connectivity index (χ3v) is 5.81. The first-order valence-electron chi connectivity index (χ1n) is 11.2. The molecule has 166 valence electrons. The zero-order chi connectivity index (χ0) is 23.9. The highest BCUT2D eigenvalue weighted by atomic mass is 19.1. The maximum atomic E-state index is 15.1. The van der Waals surface area contributed by atoms with E-state index in [4.69, 9.17) is 5.26 Å². The molecule has 0 unspecified atom stereocenters. The van der Waals surface area contributed by atoms with Crippen molar-refractivity contribution in [3.8, 4) is 17.9 Å². The largest absolute Gasteiger partial charge is 0.206 e. The molecule has 4 aromatic rings. The van der Waals surface area contributed by atoms with Crippen molar-refractivity contribution in [1.29, 1.82) is 5.26 Å². The molecule has 0 atom stereocenters. The van der Waals surface area contributed by atoms with E-state index in [2.05, 4.69) is 30.6 Å². The van der Waals surface area contributed by atoms with Gasteiger partial charge in [0.15, 0.2) is 0 Å². The van der Waals surface area contributed by atoms with Gasteiger partial charge in [0.2, 0.25) is 0 Å². The van der Waals surface area contributed by atoms with Crippen molar-refractivity contribution in [3.63, 3.8) is 0 Å². The van der Waals surface area contributed by atoms with Crippen molar-refractivity contribution in [2.75, 3.05) is 0 Å². The number of benzene rings is 4. The van der Waals surface area contributed by atoms with E-state index in [1.165, 1.54) is 17.7 Å². The van der Waals surface area contributed by atoms with Crippen LogP contribution in [-0.2, 0) is 19.3 Å². The average molecular weight is 448 g/mol. The van der Waals surface area contributed by atoms with E-state index in [0.29, 0.717) is 23.8 Å². The van der Waals surface area contributed by atoms with Gasteiger partial charge in [-0.05, 0) is 84.2 Å². The minimum atomic E-state index is -0.545. The Bertz CT molecular complexity index is 1450. The molecule has 1 nitrogen and oxygen atoms in total. The van der Waals surface area contributed by atoms with Gasteiger partial charge in [-0.3, -0.25) is 0 Å². The number of allylic oxidation sites excluding steroid dienone is 1. The fraction of sp³-hybridized carbons (Fsp3) is 0.129. The van der Waals surface area contributed by atoms with E-state index in [0.717, 1.165) is 34.9 Å². The standard InChI is InChI=1S/C31H23F2N/c1-2-3-4-22-5-7-23(8-6-22)9-10-24-13-18-29-27(19-24)17-16-26(31(29)33)14-11-25-12-15-28(21-34)30(32)20-25/h2,5-8,12-13,15-20H,1,3-4,11,14H2. The summed E-state index contributed by atoms with van der Waals surface area (Å²) in [7, 11) is 0. The van der Waals surface area contributed by atoms with Gasteiger partial charge in [0, 0.05) is 16.5 Å². The van der Waals surface area contributed by atoms with Gasteiger partial charge in [-0.2, -0.15) is 5.26 Å². The van der Waals surface area contributed by atoms with Crippen molar-refractivity contribution in [1.82, 2.24) is 0 Å². The number of nitriles is 1. The maximum Gasteiger partial charge on any atom is 0.141 e. The van der Waals surface area contributed by atoms with Gasteiger partial charge in [-0.25, -0.2) is 8.78 Å². The Labute approximate surface area is 199 Å². The smallest absolute Gasteiger partial charge is 0.141 e. The molecule has 0 spiro atoms. The monoisotopic (exact) mass is 447 g/mol. The summed E-state index contributed by atoms with van der Waals surface area (Å²) in [5.74, 6) is 5.53. The highest BCUT2D eigenvalue weighted by Crippen LogP contribution is 2.24. The minimum absolute atomic E-state index is 0.0140. The van der Waals surface area contributed by atoms with Crippen molar-refractivity contribution in [2.24, 2.45) is 0 Å². The number of nitrogens with zero attached hydrogens (tertiary/aromatic N) is 1. The Morgan fingerprint density at radius 1 is 0.765 bits per heavy atom. The van der Waals surface area contributed by atoms with Crippen molar-refractivity contribution in [2.45, 2.75) is 25.7 Å². The van der Waals surface area contributed by atoms with Crippen LogP contribution in [0.4, 0.5) is 8.78 Å². The highest BCUT2D eigenvalue weighted by Gasteiger charge is 2.09. The van der Waals surface area contributed by atoms with Gasteiger partial charge in [-0.15, -0.1) is 6.58 Å². The molecule has 0 heterocycles. The van der Waals surface area contributed by atoms with Gasteiger partial charge >= 0.3 is 0 Å². The fourth-order valence-electron chi connectivity index (χ4n) is 3.86. The third-order valence-electron chi connectivity index (χ3n) is 5.81. The number of hydrogen-bond donors (Lipinski definition) is 0. The average Bonchev–Trinajstić information content (AvgIpc) is 2.86. The molecule has 3 heteroatoms. The van der Waals surface area contributed by atoms with Crippen LogP contribution in [0.5, 0.6) is 0 Å². The van der Waals surface area contributed by atoms with Crippen LogP contribution < -0.4 is 0 Å². The fourth-order valence-corrected chi connectivity index (χ4v) is 3.86. The number of hydrogen-bond acceptors (Lipinski definition) is 1. The summed E-state index contributed by atoms with van der Waals surface area (Å²) >= 11 is 0. The van der Waals surface area contributed by atoms with Gasteiger partial charge in [0.05, 0.1) is 5.56 Å². The molecular formula is C31H23F2N. The Balaban J connectivity index is 1.49.